The summed E-state index contributed by atoms with van der Waals surface area (Å²) in [5.41, 5.74) is 0.117. The second-order valence-corrected chi connectivity index (χ2v) is 4.01. The maximum Gasteiger partial charge on any atom is 0.335 e. The number of hydrogen-bond donors (Lipinski definition) is 1. The van der Waals surface area contributed by atoms with Crippen LogP contribution in [0.15, 0.2) is 23.4 Å². The second-order valence-electron chi connectivity index (χ2n) is 2.32. The first-order valence-corrected chi connectivity index (χ1v) is 5.04. The lowest BCUT2D eigenvalue weighted by atomic mass is 10.3. The largest absolute Gasteiger partial charge is 0.478 e. The van der Waals surface area contributed by atoms with Crippen molar-refractivity contribution >= 4 is 16.8 Å². The molecule has 1 unspecified atom stereocenters. The molecule has 0 radical (unpaired) electrons. The summed E-state index contributed by atoms with van der Waals surface area (Å²) < 4.78 is 11.2. The third-order valence-corrected chi connectivity index (χ3v) is 2.69. The van der Waals surface area contributed by atoms with Gasteiger partial charge in [-0.25, -0.2) is 9.78 Å². The van der Waals surface area contributed by atoms with Crippen LogP contribution in [-0.4, -0.2) is 26.0 Å². The molecular formula is C8H9NO3S. The van der Waals surface area contributed by atoms with Crippen LogP contribution in [0.5, 0.6) is 0 Å². The molecule has 5 heteroatoms. The molecule has 1 aromatic heterocycles. The highest BCUT2D eigenvalue weighted by Crippen LogP contribution is 2.06. The van der Waals surface area contributed by atoms with Gasteiger partial charge in [0.05, 0.1) is 16.4 Å². The van der Waals surface area contributed by atoms with E-state index < -0.39 is 16.8 Å². The summed E-state index contributed by atoms with van der Waals surface area (Å²) in [6.45, 7) is 1.76. The summed E-state index contributed by atoms with van der Waals surface area (Å²) in [5.74, 6) is -0.590. The Morgan fingerprint density at radius 3 is 2.92 bits per heavy atom. The van der Waals surface area contributed by atoms with Crippen LogP contribution in [0.3, 0.4) is 0 Å². The van der Waals surface area contributed by atoms with Crippen LogP contribution in [0.2, 0.25) is 0 Å². The predicted octanol–water partition coefficient (Wildman–Crippen LogP) is 0.907. The maximum absolute atomic E-state index is 11.2. The van der Waals surface area contributed by atoms with Crippen LogP contribution in [-0.2, 0) is 10.8 Å². The number of nitrogens with zero attached hydrogens (tertiary/aromatic N) is 1. The van der Waals surface area contributed by atoms with E-state index in [0.29, 0.717) is 10.8 Å². The molecule has 0 aliphatic carbocycles. The van der Waals surface area contributed by atoms with Crippen molar-refractivity contribution in [3.8, 4) is 0 Å². The molecule has 1 atom stereocenters. The first kappa shape index (κ1) is 9.85. The second kappa shape index (κ2) is 4.13. The van der Waals surface area contributed by atoms with Crippen molar-refractivity contribution in [2.24, 2.45) is 0 Å². The van der Waals surface area contributed by atoms with E-state index >= 15 is 0 Å². The van der Waals surface area contributed by atoms with E-state index in [9.17, 15) is 9.00 Å². The third-order valence-electron chi connectivity index (χ3n) is 1.48. The molecule has 4 nitrogen and oxygen atoms in total. The number of carbonyl (C=O) groups is 1. The molecule has 1 aromatic rings. The third kappa shape index (κ3) is 2.35. The average Bonchev–Trinajstić information content (AvgIpc) is 2.17. The number of aromatic nitrogens is 1. The van der Waals surface area contributed by atoms with Gasteiger partial charge in [0.2, 0.25) is 0 Å². The standard InChI is InChI=1S/C8H9NO3S/c1-2-13(12)7-5-6(8(10)11)3-4-9-7/h3-5H,2H2,1H3,(H,10,11). The number of carboxylic acid groups (broad SMARTS) is 1. The van der Waals surface area contributed by atoms with Gasteiger partial charge in [-0.05, 0) is 12.1 Å². The van der Waals surface area contributed by atoms with E-state index in [1.54, 1.807) is 6.92 Å². The highest BCUT2D eigenvalue weighted by molar-refractivity contribution is 7.84. The number of aromatic carboxylic acids is 1. The Bertz CT molecular complexity index is 351. The summed E-state index contributed by atoms with van der Waals surface area (Å²) in [4.78, 5) is 14.4. The Labute approximate surface area is 78.1 Å². The zero-order chi connectivity index (χ0) is 9.84. The Balaban J connectivity index is 3.05. The quantitative estimate of drug-likeness (QED) is 0.785. The van der Waals surface area contributed by atoms with Crippen LogP contribution < -0.4 is 0 Å². The Kier molecular flexibility index (Phi) is 3.13. The molecule has 13 heavy (non-hydrogen) atoms. The molecule has 70 valence electrons. The summed E-state index contributed by atoms with van der Waals surface area (Å²) in [5, 5.41) is 8.96. The number of pyridine rings is 1. The smallest absolute Gasteiger partial charge is 0.335 e. The van der Waals surface area contributed by atoms with Gasteiger partial charge in [0.15, 0.2) is 0 Å². The maximum atomic E-state index is 11.2. The lowest BCUT2D eigenvalue weighted by molar-refractivity contribution is 0.0696. The van der Waals surface area contributed by atoms with Gasteiger partial charge in [-0.3, -0.25) is 4.21 Å². The lowest BCUT2D eigenvalue weighted by Crippen LogP contribution is -2.02. The summed E-state index contributed by atoms with van der Waals surface area (Å²) in [7, 11) is -1.19. The number of rotatable bonds is 3. The van der Waals surface area contributed by atoms with Crippen molar-refractivity contribution in [3.05, 3.63) is 23.9 Å². The molecule has 1 heterocycles. The van der Waals surface area contributed by atoms with Crippen LogP contribution in [0.25, 0.3) is 0 Å². The number of hydrogen-bond acceptors (Lipinski definition) is 3. The normalized spacial score (nSPS) is 12.4. The van der Waals surface area contributed by atoms with E-state index in [4.69, 9.17) is 5.11 Å². The van der Waals surface area contributed by atoms with Gasteiger partial charge in [-0.2, -0.15) is 0 Å². The fourth-order valence-corrected chi connectivity index (χ4v) is 1.55. The van der Waals surface area contributed by atoms with Crippen LogP contribution in [0.1, 0.15) is 17.3 Å². The molecule has 0 spiro atoms. The van der Waals surface area contributed by atoms with Gasteiger partial charge in [0.1, 0.15) is 5.03 Å². The molecule has 0 fully saturated rings. The molecule has 1 rings (SSSR count). The summed E-state index contributed by atoms with van der Waals surface area (Å²) >= 11 is 0. The van der Waals surface area contributed by atoms with Crippen molar-refractivity contribution in [3.63, 3.8) is 0 Å². The lowest BCUT2D eigenvalue weighted by Gasteiger charge is -1.98. The minimum Gasteiger partial charge on any atom is -0.478 e. The molecule has 0 aliphatic rings. The van der Waals surface area contributed by atoms with Gasteiger partial charge in [0, 0.05) is 11.9 Å². The highest BCUT2D eigenvalue weighted by Gasteiger charge is 2.07. The number of carboxylic acids is 1. The molecule has 0 bridgehead atoms. The van der Waals surface area contributed by atoms with Crippen molar-refractivity contribution in [1.29, 1.82) is 0 Å². The fourth-order valence-electron chi connectivity index (χ4n) is 0.815. The molecule has 0 saturated heterocycles. The van der Waals surface area contributed by atoms with Gasteiger partial charge in [-0.1, -0.05) is 6.92 Å². The fraction of sp³-hybridized carbons (Fsp3) is 0.250. The van der Waals surface area contributed by atoms with Crippen molar-refractivity contribution < 1.29 is 14.1 Å². The van der Waals surface area contributed by atoms with Crippen LogP contribution in [0.4, 0.5) is 0 Å². The van der Waals surface area contributed by atoms with Crippen molar-refractivity contribution in [1.82, 2.24) is 4.98 Å². The Morgan fingerprint density at radius 1 is 1.69 bits per heavy atom. The van der Waals surface area contributed by atoms with E-state index in [-0.39, 0.29) is 5.56 Å². The summed E-state index contributed by atoms with van der Waals surface area (Å²) in [6, 6.07) is 2.71. The minimum atomic E-state index is -1.19. The van der Waals surface area contributed by atoms with Gasteiger partial charge in [0.25, 0.3) is 0 Å². The Morgan fingerprint density at radius 2 is 2.38 bits per heavy atom. The zero-order valence-electron chi connectivity index (χ0n) is 7.06. The molecule has 0 aromatic carbocycles. The SMILES string of the molecule is CCS(=O)c1cc(C(=O)O)ccn1. The average molecular weight is 199 g/mol. The first-order chi connectivity index (χ1) is 6.15. The van der Waals surface area contributed by atoms with Gasteiger partial charge < -0.3 is 5.11 Å². The topological polar surface area (TPSA) is 67.3 Å². The van der Waals surface area contributed by atoms with Crippen LogP contribution in [0, 0.1) is 0 Å². The van der Waals surface area contributed by atoms with Crippen LogP contribution >= 0.6 is 0 Å². The van der Waals surface area contributed by atoms with E-state index in [0.717, 1.165) is 0 Å². The predicted molar refractivity (Wildman–Crippen MR) is 48.1 cm³/mol. The van der Waals surface area contributed by atoms with E-state index in [1.165, 1.54) is 18.3 Å². The molecule has 0 amide bonds. The molecule has 1 N–H and O–H groups in total. The Hall–Kier alpha value is -1.23. The summed E-state index contributed by atoms with van der Waals surface area (Å²) in [6.07, 6.45) is 1.35. The monoisotopic (exact) mass is 199 g/mol. The van der Waals surface area contributed by atoms with Crippen molar-refractivity contribution in [2.75, 3.05) is 5.75 Å². The zero-order valence-corrected chi connectivity index (χ0v) is 7.87. The minimum absolute atomic E-state index is 0.117. The van der Waals surface area contributed by atoms with E-state index in [1.807, 2.05) is 0 Å². The molecular weight excluding hydrogens is 190 g/mol. The van der Waals surface area contributed by atoms with Gasteiger partial charge in [-0.15, -0.1) is 0 Å². The van der Waals surface area contributed by atoms with Gasteiger partial charge >= 0.3 is 5.97 Å². The highest BCUT2D eigenvalue weighted by atomic mass is 32.2. The van der Waals surface area contributed by atoms with E-state index in [2.05, 4.69) is 4.98 Å². The molecule has 0 aliphatic heterocycles. The van der Waals surface area contributed by atoms with Crippen molar-refractivity contribution in [2.45, 2.75) is 11.9 Å². The first-order valence-electron chi connectivity index (χ1n) is 3.73. The molecule has 0 saturated carbocycles.